The number of para-hydroxylation sites is 1. The molecule has 146 valence electrons. The van der Waals surface area contributed by atoms with E-state index in [1.165, 1.54) is 17.8 Å². The number of benzene rings is 2. The maximum absolute atomic E-state index is 13.5. The van der Waals surface area contributed by atoms with E-state index in [1.54, 1.807) is 0 Å². The van der Waals surface area contributed by atoms with Crippen LogP contribution in [0.4, 0.5) is 10.1 Å². The molecule has 6 nitrogen and oxygen atoms in total. The van der Waals surface area contributed by atoms with Crippen molar-refractivity contribution in [2.24, 2.45) is 0 Å². The lowest BCUT2D eigenvalue weighted by molar-refractivity contribution is 0.199. The van der Waals surface area contributed by atoms with E-state index in [2.05, 4.69) is 63.4 Å². The first-order valence-electron chi connectivity index (χ1n) is 9.71. The topological polar surface area (TPSA) is 50.1 Å². The molecule has 0 unspecified atom stereocenters. The minimum absolute atomic E-state index is 0.101. The number of aromatic nitrogens is 4. The van der Waals surface area contributed by atoms with E-state index in [1.807, 2.05) is 22.9 Å². The molecule has 1 fully saturated rings. The highest BCUT2D eigenvalue weighted by Crippen LogP contribution is 2.30. The van der Waals surface area contributed by atoms with Crippen molar-refractivity contribution < 1.29 is 4.39 Å². The first kappa shape index (κ1) is 18.6. The number of halogens is 1. The van der Waals surface area contributed by atoms with Crippen LogP contribution in [-0.4, -0.2) is 51.3 Å². The van der Waals surface area contributed by atoms with Crippen LogP contribution in [0, 0.1) is 5.82 Å². The number of tetrazole rings is 1. The molecular formula is C21H25FN6. The summed E-state index contributed by atoms with van der Waals surface area (Å²) in [7, 11) is 0. The van der Waals surface area contributed by atoms with Crippen molar-refractivity contribution in [3.8, 4) is 0 Å². The van der Waals surface area contributed by atoms with Gasteiger partial charge in [-0.2, -0.15) is 0 Å². The number of piperazine rings is 1. The second-order valence-electron chi connectivity index (χ2n) is 7.39. The van der Waals surface area contributed by atoms with Gasteiger partial charge in [0.25, 0.3) is 0 Å². The fourth-order valence-corrected chi connectivity index (χ4v) is 3.79. The van der Waals surface area contributed by atoms with Crippen LogP contribution < -0.4 is 4.90 Å². The normalized spacial score (nSPS) is 16.5. The van der Waals surface area contributed by atoms with Crippen LogP contribution in [0.25, 0.3) is 0 Å². The van der Waals surface area contributed by atoms with E-state index >= 15 is 0 Å². The molecule has 0 spiro atoms. The Kier molecular flexibility index (Phi) is 5.34. The molecule has 3 aromatic rings. The summed E-state index contributed by atoms with van der Waals surface area (Å²) in [5, 5.41) is 12.4. The lowest BCUT2D eigenvalue weighted by Crippen LogP contribution is -2.48. The number of hydrogen-bond acceptors (Lipinski definition) is 5. The van der Waals surface area contributed by atoms with Crippen LogP contribution in [0.3, 0.4) is 0 Å². The maximum Gasteiger partial charge on any atom is 0.173 e. The lowest BCUT2D eigenvalue weighted by Gasteiger charge is -2.40. The molecule has 0 bridgehead atoms. The van der Waals surface area contributed by atoms with Gasteiger partial charge in [-0.05, 0) is 54.1 Å². The standard InChI is InChI=1S/C21H25FN6/c1-16(2)28-21(23-24-25-28)20(17-8-10-18(22)11-9-17)27-14-12-26(13-15-27)19-6-4-3-5-7-19/h3-11,16,20H,12-15H2,1-2H3/t20-/m0/s1. The van der Waals surface area contributed by atoms with E-state index in [0.717, 1.165) is 37.6 Å². The Labute approximate surface area is 164 Å². The molecular weight excluding hydrogens is 355 g/mol. The SMILES string of the molecule is CC(C)n1nnnc1[C@H](c1ccc(F)cc1)N1CCN(c2ccccc2)CC1. The molecule has 0 N–H and O–H groups in total. The zero-order chi connectivity index (χ0) is 19.5. The van der Waals surface area contributed by atoms with E-state index in [4.69, 9.17) is 0 Å². The summed E-state index contributed by atoms with van der Waals surface area (Å²) >= 11 is 0. The van der Waals surface area contributed by atoms with Gasteiger partial charge in [0.05, 0.1) is 12.1 Å². The summed E-state index contributed by atoms with van der Waals surface area (Å²) < 4.78 is 15.4. The van der Waals surface area contributed by atoms with Crippen molar-refractivity contribution in [3.05, 3.63) is 71.8 Å². The van der Waals surface area contributed by atoms with Crippen molar-refractivity contribution >= 4 is 5.69 Å². The van der Waals surface area contributed by atoms with Gasteiger partial charge in [-0.25, -0.2) is 9.07 Å². The van der Waals surface area contributed by atoms with E-state index in [0.29, 0.717) is 0 Å². The van der Waals surface area contributed by atoms with Gasteiger partial charge >= 0.3 is 0 Å². The Bertz CT molecular complexity index is 885. The van der Waals surface area contributed by atoms with Crippen molar-refractivity contribution in [1.82, 2.24) is 25.1 Å². The zero-order valence-electron chi connectivity index (χ0n) is 16.2. The van der Waals surface area contributed by atoms with Gasteiger partial charge in [0, 0.05) is 31.9 Å². The quantitative estimate of drug-likeness (QED) is 0.680. The molecule has 0 radical (unpaired) electrons. The summed E-state index contributed by atoms with van der Waals surface area (Å²) in [5.74, 6) is 0.564. The van der Waals surface area contributed by atoms with Crippen LogP contribution in [0.1, 0.15) is 37.3 Å². The van der Waals surface area contributed by atoms with Gasteiger partial charge in [0.15, 0.2) is 5.82 Å². The highest BCUT2D eigenvalue weighted by atomic mass is 19.1. The molecule has 1 aliphatic rings. The van der Waals surface area contributed by atoms with E-state index in [-0.39, 0.29) is 17.9 Å². The fourth-order valence-electron chi connectivity index (χ4n) is 3.79. The van der Waals surface area contributed by atoms with Crippen LogP contribution in [0.2, 0.25) is 0 Å². The Hall–Kier alpha value is -2.80. The van der Waals surface area contributed by atoms with Gasteiger partial charge in [-0.1, -0.05) is 30.3 Å². The minimum atomic E-state index is -0.236. The Balaban J connectivity index is 1.61. The summed E-state index contributed by atoms with van der Waals surface area (Å²) in [6.07, 6.45) is 0. The molecule has 1 aromatic heterocycles. The largest absolute Gasteiger partial charge is 0.369 e. The van der Waals surface area contributed by atoms with Gasteiger partial charge < -0.3 is 4.90 Å². The first-order valence-corrected chi connectivity index (χ1v) is 9.71. The fraction of sp³-hybridized carbons (Fsp3) is 0.381. The average Bonchev–Trinajstić information content (AvgIpc) is 3.21. The minimum Gasteiger partial charge on any atom is -0.369 e. The second kappa shape index (κ2) is 8.06. The zero-order valence-corrected chi connectivity index (χ0v) is 16.2. The molecule has 7 heteroatoms. The highest BCUT2D eigenvalue weighted by Gasteiger charge is 2.31. The number of hydrogen-bond donors (Lipinski definition) is 0. The summed E-state index contributed by atoms with van der Waals surface area (Å²) in [5.41, 5.74) is 2.25. The third-order valence-corrected chi connectivity index (χ3v) is 5.24. The molecule has 0 amide bonds. The van der Waals surface area contributed by atoms with Crippen molar-refractivity contribution in [3.63, 3.8) is 0 Å². The van der Waals surface area contributed by atoms with Gasteiger partial charge in [-0.15, -0.1) is 5.10 Å². The number of nitrogens with zero attached hydrogens (tertiary/aromatic N) is 6. The summed E-state index contributed by atoms with van der Waals surface area (Å²) in [6.45, 7) is 7.73. The molecule has 1 saturated heterocycles. The summed E-state index contributed by atoms with van der Waals surface area (Å²) in [4.78, 5) is 4.78. The summed E-state index contributed by atoms with van der Waals surface area (Å²) in [6, 6.07) is 17.2. The molecule has 1 aliphatic heterocycles. The molecule has 0 aliphatic carbocycles. The van der Waals surface area contributed by atoms with Crippen molar-refractivity contribution in [1.29, 1.82) is 0 Å². The Morgan fingerprint density at radius 3 is 2.21 bits per heavy atom. The Morgan fingerprint density at radius 1 is 0.893 bits per heavy atom. The lowest BCUT2D eigenvalue weighted by atomic mass is 10.0. The van der Waals surface area contributed by atoms with Gasteiger partial charge in [0.1, 0.15) is 5.82 Å². The molecule has 2 aromatic carbocycles. The third kappa shape index (κ3) is 3.75. The molecule has 0 saturated carbocycles. The number of rotatable bonds is 5. The monoisotopic (exact) mass is 380 g/mol. The second-order valence-corrected chi connectivity index (χ2v) is 7.39. The van der Waals surface area contributed by atoms with Crippen molar-refractivity contribution in [2.75, 3.05) is 31.1 Å². The molecule has 28 heavy (non-hydrogen) atoms. The first-order chi connectivity index (χ1) is 13.6. The van der Waals surface area contributed by atoms with Gasteiger partial charge in [-0.3, -0.25) is 4.90 Å². The Morgan fingerprint density at radius 2 is 1.57 bits per heavy atom. The van der Waals surface area contributed by atoms with Crippen LogP contribution in [0.5, 0.6) is 0 Å². The molecule has 4 rings (SSSR count). The van der Waals surface area contributed by atoms with Crippen LogP contribution >= 0.6 is 0 Å². The van der Waals surface area contributed by atoms with Crippen LogP contribution in [0.15, 0.2) is 54.6 Å². The number of anilines is 1. The van der Waals surface area contributed by atoms with Crippen molar-refractivity contribution in [2.45, 2.75) is 25.9 Å². The predicted octanol–water partition coefficient (Wildman–Crippen LogP) is 3.30. The molecule has 2 heterocycles. The molecule has 1 atom stereocenters. The third-order valence-electron chi connectivity index (χ3n) is 5.24. The smallest absolute Gasteiger partial charge is 0.173 e. The maximum atomic E-state index is 13.5. The van der Waals surface area contributed by atoms with Crippen LogP contribution in [-0.2, 0) is 0 Å². The van der Waals surface area contributed by atoms with Gasteiger partial charge in [0.2, 0.25) is 0 Å². The van der Waals surface area contributed by atoms with E-state index in [9.17, 15) is 4.39 Å². The predicted molar refractivity (Wildman–Crippen MR) is 107 cm³/mol. The van der Waals surface area contributed by atoms with E-state index < -0.39 is 0 Å². The average molecular weight is 380 g/mol. The highest BCUT2D eigenvalue weighted by molar-refractivity contribution is 5.46.